The highest BCUT2D eigenvalue weighted by Crippen LogP contribution is 1.96. The number of hydrogen-bond acceptors (Lipinski definition) is 2. The molecule has 0 aliphatic carbocycles. The molecule has 9 heavy (non-hydrogen) atoms. The Bertz CT molecular complexity index is 80.4. The first-order valence-corrected chi connectivity index (χ1v) is 3.30. The summed E-state index contributed by atoms with van der Waals surface area (Å²) in [6.45, 7) is 0.748. The average Bonchev–Trinajstić information content (AvgIpc) is 1.80. The average molecular weight is 129 g/mol. The minimum Gasteiger partial charge on any atom is -0.388 e. The molecule has 0 bridgehead atoms. The van der Waals surface area contributed by atoms with E-state index in [4.69, 9.17) is 16.9 Å². The second kappa shape index (κ2) is 5.56. The van der Waals surface area contributed by atoms with E-state index < -0.39 is 0 Å². The van der Waals surface area contributed by atoms with Gasteiger partial charge in [0, 0.05) is 6.42 Å². The van der Waals surface area contributed by atoms with Crippen molar-refractivity contribution in [2.24, 2.45) is 11.5 Å². The van der Waals surface area contributed by atoms with Gasteiger partial charge < -0.3 is 11.5 Å². The van der Waals surface area contributed by atoms with E-state index in [0.29, 0.717) is 0 Å². The predicted molar refractivity (Wildman–Crippen MR) is 39.4 cm³/mol. The van der Waals surface area contributed by atoms with Crippen LogP contribution in [0.4, 0.5) is 0 Å². The van der Waals surface area contributed by atoms with Gasteiger partial charge in [-0.25, -0.2) is 0 Å². The molecule has 3 nitrogen and oxygen atoms in total. The van der Waals surface area contributed by atoms with E-state index in [1.54, 1.807) is 0 Å². The smallest absolute Gasteiger partial charge is 0.0905 e. The van der Waals surface area contributed by atoms with Crippen molar-refractivity contribution in [2.45, 2.75) is 25.7 Å². The van der Waals surface area contributed by atoms with Crippen LogP contribution in [0.15, 0.2) is 0 Å². The molecule has 0 spiro atoms. The van der Waals surface area contributed by atoms with Crippen LogP contribution in [0.1, 0.15) is 25.7 Å². The summed E-state index contributed by atoms with van der Waals surface area (Å²) in [4.78, 5) is 0. The monoisotopic (exact) mass is 129 g/mol. The SMILES string of the molecule is N=C(N)CCCCCN. The summed E-state index contributed by atoms with van der Waals surface area (Å²) in [6, 6.07) is 0. The third kappa shape index (κ3) is 7.43. The number of amidine groups is 1. The maximum atomic E-state index is 6.88. The minimum atomic E-state index is 0.284. The van der Waals surface area contributed by atoms with Crippen LogP contribution < -0.4 is 11.5 Å². The Morgan fingerprint density at radius 2 is 1.89 bits per heavy atom. The molecule has 0 aromatic rings. The molecule has 0 aromatic carbocycles. The van der Waals surface area contributed by atoms with Crippen LogP contribution in [-0.2, 0) is 0 Å². The molecule has 0 rings (SSSR count). The van der Waals surface area contributed by atoms with Crippen LogP contribution in [0, 0.1) is 5.41 Å². The number of nitrogens with two attached hydrogens (primary N) is 2. The summed E-state index contributed by atoms with van der Waals surface area (Å²) in [5, 5.41) is 6.88. The molecule has 0 unspecified atom stereocenters. The van der Waals surface area contributed by atoms with Crippen LogP contribution in [-0.4, -0.2) is 12.4 Å². The molecule has 0 heterocycles. The van der Waals surface area contributed by atoms with Gasteiger partial charge in [0.15, 0.2) is 0 Å². The van der Waals surface area contributed by atoms with Crippen molar-refractivity contribution in [3.05, 3.63) is 0 Å². The van der Waals surface area contributed by atoms with Crippen molar-refractivity contribution < 1.29 is 0 Å². The normalized spacial score (nSPS) is 9.44. The number of hydrogen-bond donors (Lipinski definition) is 3. The summed E-state index contributed by atoms with van der Waals surface area (Å²) in [5.74, 6) is 0.284. The largest absolute Gasteiger partial charge is 0.388 e. The van der Waals surface area contributed by atoms with Crippen molar-refractivity contribution >= 4 is 5.84 Å². The van der Waals surface area contributed by atoms with Gasteiger partial charge in [-0.15, -0.1) is 0 Å². The molecule has 0 radical (unpaired) electrons. The quantitative estimate of drug-likeness (QED) is 0.286. The molecule has 0 saturated carbocycles. The molecule has 3 heteroatoms. The van der Waals surface area contributed by atoms with Crippen molar-refractivity contribution in [1.29, 1.82) is 5.41 Å². The highest BCUT2D eigenvalue weighted by Gasteiger charge is 1.88. The summed E-state index contributed by atoms with van der Waals surface area (Å²) in [7, 11) is 0. The van der Waals surface area contributed by atoms with Crippen molar-refractivity contribution in [2.75, 3.05) is 6.54 Å². The zero-order chi connectivity index (χ0) is 7.11. The Labute approximate surface area is 55.9 Å². The molecule has 0 amide bonds. The minimum absolute atomic E-state index is 0.284. The fourth-order valence-electron chi connectivity index (χ4n) is 0.637. The molecule has 54 valence electrons. The zero-order valence-electron chi connectivity index (χ0n) is 5.69. The summed E-state index contributed by atoms with van der Waals surface area (Å²) >= 11 is 0. The zero-order valence-corrected chi connectivity index (χ0v) is 5.69. The van der Waals surface area contributed by atoms with Crippen LogP contribution in [0.25, 0.3) is 0 Å². The van der Waals surface area contributed by atoms with Crippen molar-refractivity contribution in [3.63, 3.8) is 0 Å². The first-order chi connectivity index (χ1) is 4.27. The lowest BCUT2D eigenvalue weighted by molar-refractivity contribution is 0.703. The van der Waals surface area contributed by atoms with Crippen molar-refractivity contribution in [3.8, 4) is 0 Å². The molecular weight excluding hydrogens is 114 g/mol. The molecule has 0 saturated heterocycles. The Balaban J connectivity index is 2.83. The van der Waals surface area contributed by atoms with Gasteiger partial charge in [-0.3, -0.25) is 5.41 Å². The van der Waals surface area contributed by atoms with E-state index in [2.05, 4.69) is 0 Å². The molecule has 0 aliphatic heterocycles. The van der Waals surface area contributed by atoms with E-state index >= 15 is 0 Å². The van der Waals surface area contributed by atoms with Crippen LogP contribution >= 0.6 is 0 Å². The molecule has 0 fully saturated rings. The topological polar surface area (TPSA) is 75.9 Å². The van der Waals surface area contributed by atoms with Crippen molar-refractivity contribution in [1.82, 2.24) is 0 Å². The predicted octanol–water partition coefficient (Wildman–Crippen LogP) is 0.441. The summed E-state index contributed by atoms with van der Waals surface area (Å²) < 4.78 is 0. The van der Waals surface area contributed by atoms with Crippen LogP contribution in [0.2, 0.25) is 0 Å². The molecule has 0 aromatic heterocycles. The van der Waals surface area contributed by atoms with E-state index in [1.807, 2.05) is 0 Å². The number of rotatable bonds is 5. The summed E-state index contributed by atoms with van der Waals surface area (Å²) in [6.07, 6.45) is 3.87. The van der Waals surface area contributed by atoms with Gasteiger partial charge in [-0.1, -0.05) is 6.42 Å². The van der Waals surface area contributed by atoms with E-state index in [1.165, 1.54) is 0 Å². The lowest BCUT2D eigenvalue weighted by Gasteiger charge is -1.95. The Morgan fingerprint density at radius 1 is 1.22 bits per heavy atom. The Morgan fingerprint density at radius 3 is 2.33 bits per heavy atom. The molecule has 0 atom stereocenters. The van der Waals surface area contributed by atoms with Crippen LogP contribution in [0.3, 0.4) is 0 Å². The molecular formula is C6H15N3. The van der Waals surface area contributed by atoms with E-state index in [9.17, 15) is 0 Å². The molecule has 5 N–H and O–H groups in total. The van der Waals surface area contributed by atoms with Crippen LogP contribution in [0.5, 0.6) is 0 Å². The maximum Gasteiger partial charge on any atom is 0.0905 e. The Hall–Kier alpha value is -0.570. The lowest BCUT2D eigenvalue weighted by atomic mass is 10.2. The number of unbranched alkanes of at least 4 members (excludes halogenated alkanes) is 2. The first kappa shape index (κ1) is 8.43. The van der Waals surface area contributed by atoms with E-state index in [0.717, 1.165) is 32.2 Å². The van der Waals surface area contributed by atoms with E-state index in [-0.39, 0.29) is 5.84 Å². The lowest BCUT2D eigenvalue weighted by Crippen LogP contribution is -2.08. The third-order valence-electron chi connectivity index (χ3n) is 1.15. The second-order valence-electron chi connectivity index (χ2n) is 2.12. The Kier molecular flexibility index (Phi) is 5.21. The van der Waals surface area contributed by atoms with Gasteiger partial charge in [0.2, 0.25) is 0 Å². The highest BCUT2D eigenvalue weighted by molar-refractivity contribution is 5.76. The highest BCUT2D eigenvalue weighted by atomic mass is 14.7. The van der Waals surface area contributed by atoms with Gasteiger partial charge in [-0.05, 0) is 19.4 Å². The fraction of sp³-hybridized carbons (Fsp3) is 0.833. The number of nitrogens with one attached hydrogen (secondary N) is 1. The fourth-order valence-corrected chi connectivity index (χ4v) is 0.637. The molecule has 0 aliphatic rings. The van der Waals surface area contributed by atoms with Gasteiger partial charge >= 0.3 is 0 Å². The third-order valence-corrected chi connectivity index (χ3v) is 1.15. The maximum absolute atomic E-state index is 6.88. The van der Waals surface area contributed by atoms with Gasteiger partial charge in [0.1, 0.15) is 0 Å². The standard InChI is InChI=1S/C6H15N3/c7-5-3-1-2-4-6(8)9/h1-5,7H2,(H3,8,9). The van der Waals surface area contributed by atoms with Gasteiger partial charge in [0.05, 0.1) is 5.84 Å². The summed E-state index contributed by atoms with van der Waals surface area (Å²) in [5.41, 5.74) is 10.4. The van der Waals surface area contributed by atoms with Gasteiger partial charge in [0.25, 0.3) is 0 Å². The first-order valence-electron chi connectivity index (χ1n) is 3.30. The van der Waals surface area contributed by atoms with Gasteiger partial charge in [-0.2, -0.15) is 0 Å². The second-order valence-corrected chi connectivity index (χ2v) is 2.12.